The Bertz CT molecular complexity index is 1260. The Hall–Kier alpha value is -3.29. The first-order valence-corrected chi connectivity index (χ1v) is 11.5. The Balaban J connectivity index is 1.76. The number of carbonyl (C=O) groups excluding carboxylic acids is 2. The van der Waals surface area contributed by atoms with Gasteiger partial charge in [-0.05, 0) is 75.9 Å². The number of nitrogens with zero attached hydrogens (tertiary/aromatic N) is 2. The van der Waals surface area contributed by atoms with Crippen molar-refractivity contribution in [2.24, 2.45) is 0 Å². The van der Waals surface area contributed by atoms with Gasteiger partial charge >= 0.3 is 0 Å². The number of Topliss-reactive ketones (excluding diaryl/α,β-unsaturated/α-hetero) is 1. The van der Waals surface area contributed by atoms with Gasteiger partial charge in [-0.15, -0.1) is 0 Å². The van der Waals surface area contributed by atoms with Crippen LogP contribution in [0.4, 0.5) is 0 Å². The average Bonchev–Trinajstić information content (AvgIpc) is 3.33. The summed E-state index contributed by atoms with van der Waals surface area (Å²) in [4.78, 5) is 30.3. The van der Waals surface area contributed by atoms with E-state index in [9.17, 15) is 14.7 Å². The molecule has 1 N–H and O–H groups in total. The Morgan fingerprint density at radius 3 is 2.74 bits per heavy atom. The van der Waals surface area contributed by atoms with Crippen LogP contribution in [-0.4, -0.2) is 60.4 Å². The van der Waals surface area contributed by atoms with Crippen LogP contribution in [-0.2, 0) is 4.79 Å². The van der Waals surface area contributed by atoms with Gasteiger partial charge in [0.25, 0.3) is 5.91 Å². The summed E-state index contributed by atoms with van der Waals surface area (Å²) in [7, 11) is 3.90. The second-order valence-electron chi connectivity index (χ2n) is 8.45. The molecule has 34 heavy (non-hydrogen) atoms. The highest BCUT2D eigenvalue weighted by Gasteiger charge is 2.44. The molecule has 0 spiro atoms. The van der Waals surface area contributed by atoms with Gasteiger partial charge in [-0.1, -0.05) is 23.7 Å². The second-order valence-corrected chi connectivity index (χ2v) is 8.88. The minimum absolute atomic E-state index is 0.00588. The molecular formula is C26H27ClN2O5. The molecule has 1 aliphatic heterocycles. The number of ether oxygens (including phenoxy) is 1. The van der Waals surface area contributed by atoms with E-state index in [0.717, 1.165) is 6.54 Å². The molecule has 8 heteroatoms. The number of fused-ring (bicyclic) bond motifs is 1. The van der Waals surface area contributed by atoms with E-state index in [4.69, 9.17) is 20.8 Å². The first-order valence-electron chi connectivity index (χ1n) is 11.2. The van der Waals surface area contributed by atoms with Crippen molar-refractivity contribution in [2.45, 2.75) is 19.4 Å². The normalized spacial score (nSPS) is 16.2. The van der Waals surface area contributed by atoms with Gasteiger partial charge in [-0.2, -0.15) is 0 Å². The van der Waals surface area contributed by atoms with E-state index in [1.54, 1.807) is 30.3 Å². The summed E-state index contributed by atoms with van der Waals surface area (Å²) >= 11 is 6.07. The van der Waals surface area contributed by atoms with Crippen molar-refractivity contribution < 1.29 is 23.8 Å². The molecule has 0 bridgehead atoms. The highest BCUT2D eigenvalue weighted by atomic mass is 35.5. The maximum Gasteiger partial charge on any atom is 0.290 e. The molecule has 3 aromatic rings. The van der Waals surface area contributed by atoms with Crippen LogP contribution in [0, 0.1) is 0 Å². The lowest BCUT2D eigenvalue weighted by Gasteiger charge is -2.27. The number of carbonyl (C=O) groups is 2. The maximum absolute atomic E-state index is 13.6. The van der Waals surface area contributed by atoms with Gasteiger partial charge in [-0.3, -0.25) is 9.59 Å². The van der Waals surface area contributed by atoms with Gasteiger partial charge in [0.2, 0.25) is 5.78 Å². The highest BCUT2D eigenvalue weighted by molar-refractivity contribution is 6.31. The van der Waals surface area contributed by atoms with Crippen molar-refractivity contribution in [3.05, 3.63) is 76.2 Å². The lowest BCUT2D eigenvalue weighted by Crippen LogP contribution is -2.33. The van der Waals surface area contributed by atoms with Gasteiger partial charge in [0.15, 0.2) is 11.5 Å². The third-order valence-corrected chi connectivity index (χ3v) is 5.97. The van der Waals surface area contributed by atoms with E-state index < -0.39 is 23.5 Å². The first-order chi connectivity index (χ1) is 16.3. The van der Waals surface area contributed by atoms with E-state index in [1.807, 2.05) is 44.1 Å². The lowest BCUT2D eigenvalue weighted by atomic mass is 9.94. The number of furan rings is 1. The summed E-state index contributed by atoms with van der Waals surface area (Å²) in [6.07, 6.45) is 0.679. The second kappa shape index (κ2) is 9.91. The summed E-state index contributed by atoms with van der Waals surface area (Å²) in [5.41, 5.74) is 1.17. The van der Waals surface area contributed by atoms with Crippen molar-refractivity contribution in [2.75, 3.05) is 33.8 Å². The molecule has 7 nitrogen and oxygen atoms in total. The number of amides is 1. The van der Waals surface area contributed by atoms with Crippen molar-refractivity contribution in [3.63, 3.8) is 0 Å². The van der Waals surface area contributed by atoms with Gasteiger partial charge in [0.05, 0.1) is 18.2 Å². The van der Waals surface area contributed by atoms with Crippen LogP contribution >= 0.6 is 11.6 Å². The fourth-order valence-electron chi connectivity index (χ4n) is 4.22. The zero-order valence-corrected chi connectivity index (χ0v) is 20.1. The predicted octanol–water partition coefficient (Wildman–Crippen LogP) is 5.01. The molecule has 178 valence electrons. The topological polar surface area (TPSA) is 83.2 Å². The Kier molecular flexibility index (Phi) is 6.95. The molecule has 0 aliphatic carbocycles. The molecule has 1 aromatic heterocycles. The molecule has 0 saturated carbocycles. The number of halogens is 1. The quantitative estimate of drug-likeness (QED) is 0.431. The van der Waals surface area contributed by atoms with Crippen LogP contribution in [0.5, 0.6) is 5.75 Å². The zero-order valence-electron chi connectivity index (χ0n) is 19.4. The van der Waals surface area contributed by atoms with Crippen molar-refractivity contribution in [1.29, 1.82) is 0 Å². The first kappa shape index (κ1) is 23.9. The van der Waals surface area contributed by atoms with E-state index >= 15 is 0 Å². The Labute approximate surface area is 203 Å². The monoisotopic (exact) mass is 482 g/mol. The summed E-state index contributed by atoms with van der Waals surface area (Å²) in [5.74, 6) is -1.02. The van der Waals surface area contributed by atoms with Crippen LogP contribution in [0.2, 0.25) is 5.02 Å². The predicted molar refractivity (Wildman–Crippen MR) is 130 cm³/mol. The van der Waals surface area contributed by atoms with Crippen LogP contribution in [0.1, 0.15) is 35.5 Å². The largest absolute Gasteiger partial charge is 0.503 e. The zero-order chi connectivity index (χ0) is 24.4. The fourth-order valence-corrected chi connectivity index (χ4v) is 4.40. The fraction of sp³-hybridized carbons (Fsp3) is 0.308. The van der Waals surface area contributed by atoms with E-state index in [0.29, 0.717) is 46.9 Å². The number of hydrogen-bond acceptors (Lipinski definition) is 6. The molecule has 4 rings (SSSR count). The smallest absolute Gasteiger partial charge is 0.290 e. The standard InChI is InChI=1S/C26H27ClN2O5/c1-4-33-19-8-5-7-16(14-19)23-22(25(31)26(32)29(23)12-6-11-28(2)3)24(30)21-15-17-13-18(27)9-10-20(17)34-21/h5,7-10,13-15,23,31H,4,6,11-12H2,1-3H3. The lowest BCUT2D eigenvalue weighted by molar-refractivity contribution is -0.129. The summed E-state index contributed by atoms with van der Waals surface area (Å²) in [5, 5.41) is 12.0. The molecule has 0 fully saturated rings. The summed E-state index contributed by atoms with van der Waals surface area (Å²) < 4.78 is 11.4. The molecule has 1 atom stereocenters. The summed E-state index contributed by atoms with van der Waals surface area (Å²) in [6.45, 7) is 3.49. The van der Waals surface area contributed by atoms with Crippen molar-refractivity contribution >= 4 is 34.3 Å². The van der Waals surface area contributed by atoms with Gasteiger partial charge in [-0.25, -0.2) is 0 Å². The van der Waals surface area contributed by atoms with Gasteiger partial charge in [0.1, 0.15) is 11.3 Å². The molecule has 1 unspecified atom stereocenters. The third-order valence-electron chi connectivity index (χ3n) is 5.74. The van der Waals surface area contributed by atoms with Crippen LogP contribution in [0.15, 0.2) is 64.3 Å². The molecule has 2 aromatic carbocycles. The average molecular weight is 483 g/mol. The maximum atomic E-state index is 13.6. The van der Waals surface area contributed by atoms with Crippen molar-refractivity contribution in [3.8, 4) is 5.75 Å². The SMILES string of the molecule is CCOc1cccc(C2C(C(=O)c3cc4cc(Cl)ccc4o3)=C(O)C(=O)N2CCCN(C)C)c1. The molecular weight excluding hydrogens is 456 g/mol. The number of rotatable bonds is 9. The van der Waals surface area contributed by atoms with Crippen LogP contribution in [0.25, 0.3) is 11.0 Å². The minimum atomic E-state index is -0.764. The van der Waals surface area contributed by atoms with Crippen LogP contribution < -0.4 is 4.74 Å². The molecule has 1 aliphatic rings. The highest BCUT2D eigenvalue weighted by Crippen LogP contribution is 2.40. The molecule has 0 saturated heterocycles. The van der Waals surface area contributed by atoms with E-state index in [1.165, 1.54) is 4.90 Å². The number of aliphatic hydroxyl groups excluding tert-OH is 1. The number of ketones is 1. The number of hydrogen-bond donors (Lipinski definition) is 1. The minimum Gasteiger partial charge on any atom is -0.503 e. The number of benzene rings is 2. The number of aliphatic hydroxyl groups is 1. The molecule has 0 radical (unpaired) electrons. The Morgan fingerprint density at radius 1 is 1.21 bits per heavy atom. The van der Waals surface area contributed by atoms with E-state index in [2.05, 4.69) is 0 Å². The van der Waals surface area contributed by atoms with Crippen molar-refractivity contribution in [1.82, 2.24) is 9.80 Å². The van der Waals surface area contributed by atoms with Gasteiger partial charge in [0, 0.05) is 17.0 Å². The molecule has 2 heterocycles. The van der Waals surface area contributed by atoms with Gasteiger partial charge < -0.3 is 24.1 Å². The Morgan fingerprint density at radius 2 is 2.00 bits per heavy atom. The van der Waals surface area contributed by atoms with Crippen LogP contribution in [0.3, 0.4) is 0 Å². The summed E-state index contributed by atoms with van der Waals surface area (Å²) in [6, 6.07) is 13.1. The van der Waals surface area contributed by atoms with E-state index in [-0.39, 0.29) is 11.3 Å². The molecule has 1 amide bonds. The third kappa shape index (κ3) is 4.67.